The zero-order chi connectivity index (χ0) is 15.6. The smallest absolute Gasteiger partial charge is 0.308 e. The molecule has 21 heavy (non-hydrogen) atoms. The first-order valence-electron chi connectivity index (χ1n) is 8.39. The van der Waals surface area contributed by atoms with Gasteiger partial charge in [0.05, 0.1) is 12.5 Å². The summed E-state index contributed by atoms with van der Waals surface area (Å²) in [6, 6.07) is 0.541. The van der Waals surface area contributed by atoms with Crippen LogP contribution in [0.2, 0.25) is 0 Å². The number of carboxylic acids is 1. The van der Waals surface area contributed by atoms with E-state index in [4.69, 9.17) is 4.74 Å². The lowest BCUT2D eigenvalue weighted by Crippen LogP contribution is -2.51. The van der Waals surface area contributed by atoms with Crippen LogP contribution in [0.3, 0.4) is 0 Å². The second kappa shape index (κ2) is 6.66. The lowest BCUT2D eigenvalue weighted by atomic mass is 9.65. The Morgan fingerprint density at radius 3 is 2.57 bits per heavy atom. The molecule has 1 N–H and O–H groups in total. The van der Waals surface area contributed by atoms with Gasteiger partial charge in [-0.3, -0.25) is 9.69 Å². The molecule has 0 aromatic rings. The van der Waals surface area contributed by atoms with Crippen LogP contribution in [-0.2, 0) is 9.53 Å². The maximum atomic E-state index is 11.7. The Balaban J connectivity index is 2.12. The van der Waals surface area contributed by atoms with Crippen molar-refractivity contribution < 1.29 is 14.6 Å². The summed E-state index contributed by atoms with van der Waals surface area (Å²) < 4.78 is 5.49. The molecular formula is C17H31NO3. The summed E-state index contributed by atoms with van der Waals surface area (Å²) in [6.07, 6.45) is 5.04. The first kappa shape index (κ1) is 16.8. The summed E-state index contributed by atoms with van der Waals surface area (Å²) in [5.41, 5.74) is 0.300. The van der Waals surface area contributed by atoms with Crippen LogP contribution in [0.1, 0.15) is 52.9 Å². The summed E-state index contributed by atoms with van der Waals surface area (Å²) in [7, 11) is 2.10. The SMILES string of the molecule is CCC(C)(C)C1CCC(C(=O)O)C(N(C)C2CCOC2)C1. The molecule has 0 amide bonds. The number of ether oxygens (including phenoxy) is 1. The Morgan fingerprint density at radius 1 is 1.33 bits per heavy atom. The number of rotatable bonds is 5. The fourth-order valence-corrected chi connectivity index (χ4v) is 4.00. The van der Waals surface area contributed by atoms with E-state index in [9.17, 15) is 9.90 Å². The summed E-state index contributed by atoms with van der Waals surface area (Å²) in [5.74, 6) is -0.231. The second-order valence-corrected chi connectivity index (χ2v) is 7.55. The van der Waals surface area contributed by atoms with E-state index in [-0.39, 0.29) is 12.0 Å². The highest BCUT2D eigenvalue weighted by molar-refractivity contribution is 5.71. The third-order valence-electron chi connectivity index (χ3n) is 6.15. The Kier molecular flexibility index (Phi) is 5.31. The number of likely N-dealkylation sites (N-methyl/N-ethyl adjacent to an activating group) is 1. The molecule has 4 unspecified atom stereocenters. The maximum Gasteiger partial charge on any atom is 0.308 e. The van der Waals surface area contributed by atoms with Crippen molar-refractivity contribution in [3.8, 4) is 0 Å². The number of hydrogen-bond acceptors (Lipinski definition) is 3. The van der Waals surface area contributed by atoms with Gasteiger partial charge in [0.2, 0.25) is 0 Å². The van der Waals surface area contributed by atoms with E-state index in [0.717, 1.165) is 45.3 Å². The summed E-state index contributed by atoms with van der Waals surface area (Å²) >= 11 is 0. The molecule has 2 fully saturated rings. The Morgan fingerprint density at radius 2 is 2.05 bits per heavy atom. The van der Waals surface area contributed by atoms with Gasteiger partial charge in [-0.15, -0.1) is 0 Å². The molecule has 1 heterocycles. The molecule has 1 aliphatic carbocycles. The molecule has 0 aromatic carbocycles. The molecule has 4 nitrogen and oxygen atoms in total. The third-order valence-corrected chi connectivity index (χ3v) is 6.15. The van der Waals surface area contributed by atoms with Crippen LogP contribution in [0, 0.1) is 17.3 Å². The van der Waals surface area contributed by atoms with Gasteiger partial charge >= 0.3 is 5.97 Å². The van der Waals surface area contributed by atoms with Crippen molar-refractivity contribution in [2.24, 2.45) is 17.3 Å². The van der Waals surface area contributed by atoms with Gasteiger partial charge in [-0.2, -0.15) is 0 Å². The molecule has 4 atom stereocenters. The van der Waals surface area contributed by atoms with Crippen LogP contribution in [0.5, 0.6) is 0 Å². The van der Waals surface area contributed by atoms with Gasteiger partial charge in [-0.25, -0.2) is 0 Å². The van der Waals surface area contributed by atoms with Crippen LogP contribution in [0.15, 0.2) is 0 Å². The monoisotopic (exact) mass is 297 g/mol. The molecule has 0 radical (unpaired) electrons. The van der Waals surface area contributed by atoms with E-state index >= 15 is 0 Å². The van der Waals surface area contributed by atoms with Crippen molar-refractivity contribution in [1.29, 1.82) is 0 Å². The zero-order valence-electron chi connectivity index (χ0n) is 14.0. The van der Waals surface area contributed by atoms with Gasteiger partial charge in [-0.05, 0) is 44.1 Å². The van der Waals surface area contributed by atoms with Gasteiger partial charge in [0.25, 0.3) is 0 Å². The first-order chi connectivity index (χ1) is 9.86. The van der Waals surface area contributed by atoms with E-state index in [1.807, 2.05) is 0 Å². The topological polar surface area (TPSA) is 49.8 Å². The molecule has 1 saturated heterocycles. The van der Waals surface area contributed by atoms with Gasteiger partial charge in [0, 0.05) is 18.7 Å². The molecule has 1 saturated carbocycles. The minimum Gasteiger partial charge on any atom is -0.481 e. The second-order valence-electron chi connectivity index (χ2n) is 7.55. The van der Waals surface area contributed by atoms with Crippen molar-refractivity contribution in [3.63, 3.8) is 0 Å². The van der Waals surface area contributed by atoms with Crippen molar-refractivity contribution >= 4 is 5.97 Å². The molecule has 122 valence electrons. The van der Waals surface area contributed by atoms with E-state index < -0.39 is 5.97 Å². The van der Waals surface area contributed by atoms with Crippen molar-refractivity contribution in [1.82, 2.24) is 4.90 Å². The van der Waals surface area contributed by atoms with Crippen LogP contribution >= 0.6 is 0 Å². The minimum absolute atomic E-state index is 0.152. The van der Waals surface area contributed by atoms with Gasteiger partial charge in [0.15, 0.2) is 0 Å². The minimum atomic E-state index is -0.626. The lowest BCUT2D eigenvalue weighted by Gasteiger charge is -2.46. The maximum absolute atomic E-state index is 11.7. The summed E-state index contributed by atoms with van der Waals surface area (Å²) in [4.78, 5) is 14.0. The quantitative estimate of drug-likeness (QED) is 0.847. The number of carbonyl (C=O) groups is 1. The summed E-state index contributed by atoms with van der Waals surface area (Å²) in [6.45, 7) is 8.46. The highest BCUT2D eigenvalue weighted by Gasteiger charge is 2.43. The highest BCUT2D eigenvalue weighted by Crippen LogP contribution is 2.44. The molecule has 2 aliphatic rings. The number of hydrogen-bond donors (Lipinski definition) is 1. The molecule has 2 rings (SSSR count). The van der Waals surface area contributed by atoms with E-state index in [0.29, 0.717) is 17.4 Å². The number of carboxylic acid groups (broad SMARTS) is 1. The van der Waals surface area contributed by atoms with Crippen molar-refractivity contribution in [2.45, 2.75) is 65.0 Å². The number of nitrogens with zero attached hydrogens (tertiary/aromatic N) is 1. The van der Waals surface area contributed by atoms with Crippen molar-refractivity contribution in [2.75, 3.05) is 20.3 Å². The lowest BCUT2D eigenvalue weighted by molar-refractivity contribution is -0.147. The predicted octanol–water partition coefficient (Wildman–Crippen LogP) is 3.01. The summed E-state index contributed by atoms with van der Waals surface area (Å²) in [5, 5.41) is 9.59. The molecule has 0 aromatic heterocycles. The van der Waals surface area contributed by atoms with Crippen LogP contribution in [0.4, 0.5) is 0 Å². The van der Waals surface area contributed by atoms with E-state index in [2.05, 4.69) is 32.7 Å². The van der Waals surface area contributed by atoms with Gasteiger partial charge < -0.3 is 9.84 Å². The predicted molar refractivity (Wildman–Crippen MR) is 83.3 cm³/mol. The Labute approximate surface area is 128 Å². The fourth-order valence-electron chi connectivity index (χ4n) is 4.00. The molecule has 0 bridgehead atoms. The zero-order valence-corrected chi connectivity index (χ0v) is 14.0. The normalized spacial score (nSPS) is 34.3. The van der Waals surface area contributed by atoms with Crippen LogP contribution in [-0.4, -0.2) is 48.3 Å². The molecule has 4 heteroatoms. The molecule has 1 aliphatic heterocycles. The molecule has 0 spiro atoms. The van der Waals surface area contributed by atoms with E-state index in [1.165, 1.54) is 0 Å². The average molecular weight is 297 g/mol. The largest absolute Gasteiger partial charge is 0.481 e. The van der Waals surface area contributed by atoms with E-state index in [1.54, 1.807) is 0 Å². The standard InChI is InChI=1S/C17H31NO3/c1-5-17(2,3)12-6-7-14(16(19)20)15(10-12)18(4)13-8-9-21-11-13/h12-15H,5-11H2,1-4H3,(H,19,20). The van der Waals surface area contributed by atoms with Crippen molar-refractivity contribution in [3.05, 3.63) is 0 Å². The first-order valence-corrected chi connectivity index (χ1v) is 8.39. The van der Waals surface area contributed by atoms with Crippen LogP contribution in [0.25, 0.3) is 0 Å². The Bertz CT molecular complexity index is 363. The fraction of sp³-hybridized carbons (Fsp3) is 0.941. The molecular weight excluding hydrogens is 266 g/mol. The average Bonchev–Trinajstić information content (AvgIpc) is 2.99. The highest BCUT2D eigenvalue weighted by atomic mass is 16.5. The number of aliphatic carboxylic acids is 1. The van der Waals surface area contributed by atoms with Gasteiger partial charge in [0.1, 0.15) is 0 Å². The Hall–Kier alpha value is -0.610. The van der Waals surface area contributed by atoms with Gasteiger partial charge in [-0.1, -0.05) is 27.2 Å². The third kappa shape index (κ3) is 3.59. The van der Waals surface area contributed by atoms with Crippen LogP contribution < -0.4 is 0 Å².